The maximum absolute atomic E-state index is 11.4. The Hall–Kier alpha value is -0.890. The number of aromatic nitrogens is 2. The molecule has 0 aliphatic carbocycles. The van der Waals surface area contributed by atoms with Gasteiger partial charge in [-0.3, -0.25) is 4.79 Å². The number of aromatic amines is 1. The molecule has 1 rings (SSSR count). The van der Waals surface area contributed by atoms with Crippen molar-refractivity contribution in [2.24, 2.45) is 0 Å². The van der Waals surface area contributed by atoms with Crippen molar-refractivity contribution < 1.29 is 4.74 Å². The van der Waals surface area contributed by atoms with Gasteiger partial charge in [0.2, 0.25) is 0 Å². The van der Waals surface area contributed by atoms with E-state index in [1.54, 1.807) is 13.2 Å². The number of halogens is 1. The summed E-state index contributed by atoms with van der Waals surface area (Å²) in [5.41, 5.74) is -0.128. The Bertz CT molecular complexity index is 405. The maximum atomic E-state index is 11.4. The summed E-state index contributed by atoms with van der Waals surface area (Å²) in [6.45, 7) is 5.58. The molecule has 0 amide bonds. The second-order valence-electron chi connectivity index (χ2n) is 3.10. The SMILES string of the molecule is C=CCN(CCOC)c1nc[nH]c(=O)c1I. The minimum absolute atomic E-state index is 0.128. The van der Waals surface area contributed by atoms with Crippen LogP contribution in [0.1, 0.15) is 0 Å². The normalized spacial score (nSPS) is 10.1. The van der Waals surface area contributed by atoms with Gasteiger partial charge in [0.05, 0.1) is 12.9 Å². The summed E-state index contributed by atoms with van der Waals surface area (Å²) in [5, 5.41) is 0. The highest BCUT2D eigenvalue weighted by atomic mass is 127. The Morgan fingerprint density at radius 1 is 1.75 bits per heavy atom. The summed E-state index contributed by atoms with van der Waals surface area (Å²) in [7, 11) is 1.64. The number of methoxy groups -OCH3 is 1. The number of nitrogens with zero attached hydrogens (tertiary/aromatic N) is 2. The molecular weight excluding hydrogens is 321 g/mol. The van der Waals surface area contributed by atoms with Crippen molar-refractivity contribution in [1.29, 1.82) is 0 Å². The van der Waals surface area contributed by atoms with Gasteiger partial charge in [-0.1, -0.05) is 6.08 Å². The standard InChI is InChI=1S/C10H14IN3O2/c1-3-4-14(5-6-16-2)9-8(11)10(15)13-7-12-9/h3,7H,1,4-6H2,2H3,(H,12,13,15). The molecule has 0 aromatic carbocycles. The second-order valence-corrected chi connectivity index (χ2v) is 4.18. The Morgan fingerprint density at radius 2 is 2.50 bits per heavy atom. The van der Waals surface area contributed by atoms with Crippen LogP contribution in [0.2, 0.25) is 0 Å². The summed E-state index contributed by atoms with van der Waals surface area (Å²) < 4.78 is 5.60. The van der Waals surface area contributed by atoms with Gasteiger partial charge in [-0.2, -0.15) is 0 Å². The topological polar surface area (TPSA) is 58.2 Å². The fourth-order valence-corrected chi connectivity index (χ4v) is 1.87. The summed E-state index contributed by atoms with van der Waals surface area (Å²) in [6.07, 6.45) is 3.18. The highest BCUT2D eigenvalue weighted by molar-refractivity contribution is 14.1. The molecule has 0 radical (unpaired) electrons. The summed E-state index contributed by atoms with van der Waals surface area (Å²) in [4.78, 5) is 20.1. The Balaban J connectivity index is 2.95. The monoisotopic (exact) mass is 335 g/mol. The zero-order chi connectivity index (χ0) is 12.0. The number of nitrogens with one attached hydrogen (secondary N) is 1. The number of hydrogen-bond donors (Lipinski definition) is 1. The van der Waals surface area contributed by atoms with Crippen LogP contribution in [0.25, 0.3) is 0 Å². The van der Waals surface area contributed by atoms with E-state index in [0.29, 0.717) is 29.1 Å². The molecule has 0 aliphatic heterocycles. The van der Waals surface area contributed by atoms with Gasteiger partial charge in [-0.15, -0.1) is 6.58 Å². The fourth-order valence-electron chi connectivity index (χ4n) is 1.24. The number of rotatable bonds is 6. The zero-order valence-corrected chi connectivity index (χ0v) is 11.2. The molecule has 0 aliphatic rings. The Kier molecular flexibility index (Phi) is 5.47. The van der Waals surface area contributed by atoms with Crippen LogP contribution in [0.4, 0.5) is 5.82 Å². The number of H-pyrrole nitrogens is 1. The molecule has 5 nitrogen and oxygen atoms in total. The largest absolute Gasteiger partial charge is 0.383 e. The second kappa shape index (κ2) is 6.64. The lowest BCUT2D eigenvalue weighted by Crippen LogP contribution is -2.31. The number of hydrogen-bond acceptors (Lipinski definition) is 4. The minimum atomic E-state index is -0.128. The van der Waals surface area contributed by atoms with Crippen LogP contribution < -0.4 is 10.5 Å². The third kappa shape index (κ3) is 3.31. The molecule has 88 valence electrons. The van der Waals surface area contributed by atoms with E-state index in [9.17, 15) is 4.79 Å². The first-order chi connectivity index (χ1) is 7.70. The predicted octanol–water partition coefficient (Wildman–Crippen LogP) is 1.01. The highest BCUT2D eigenvalue weighted by Crippen LogP contribution is 2.14. The average Bonchev–Trinajstić information content (AvgIpc) is 2.28. The molecule has 6 heteroatoms. The molecule has 1 aromatic rings. The number of ether oxygens (including phenoxy) is 1. The molecule has 0 atom stereocenters. The molecule has 16 heavy (non-hydrogen) atoms. The van der Waals surface area contributed by atoms with Crippen LogP contribution in [0.3, 0.4) is 0 Å². The smallest absolute Gasteiger partial charge is 0.266 e. The molecular formula is C10H14IN3O2. The van der Waals surface area contributed by atoms with Gasteiger partial charge in [-0.25, -0.2) is 4.98 Å². The summed E-state index contributed by atoms with van der Waals surface area (Å²) in [6, 6.07) is 0. The molecule has 0 bridgehead atoms. The van der Waals surface area contributed by atoms with Crippen molar-refractivity contribution in [2.45, 2.75) is 0 Å². The molecule has 1 N–H and O–H groups in total. The van der Waals surface area contributed by atoms with Crippen LogP contribution in [0, 0.1) is 3.57 Å². The Morgan fingerprint density at radius 3 is 3.12 bits per heavy atom. The molecule has 1 heterocycles. The summed E-state index contributed by atoms with van der Waals surface area (Å²) in [5.74, 6) is 0.668. The van der Waals surface area contributed by atoms with Gasteiger partial charge in [0.15, 0.2) is 0 Å². The average molecular weight is 335 g/mol. The minimum Gasteiger partial charge on any atom is -0.383 e. The summed E-state index contributed by atoms with van der Waals surface area (Å²) >= 11 is 1.99. The quantitative estimate of drug-likeness (QED) is 0.623. The van der Waals surface area contributed by atoms with E-state index >= 15 is 0 Å². The molecule has 1 aromatic heterocycles. The fraction of sp³-hybridized carbons (Fsp3) is 0.400. The first-order valence-electron chi connectivity index (χ1n) is 4.78. The van der Waals surface area contributed by atoms with Crippen molar-refractivity contribution in [3.05, 3.63) is 32.9 Å². The predicted molar refractivity (Wildman–Crippen MR) is 71.9 cm³/mol. The lowest BCUT2D eigenvalue weighted by Gasteiger charge is -2.22. The van der Waals surface area contributed by atoms with Gasteiger partial charge in [-0.05, 0) is 22.6 Å². The highest BCUT2D eigenvalue weighted by Gasteiger charge is 2.12. The van der Waals surface area contributed by atoms with E-state index in [2.05, 4.69) is 16.5 Å². The van der Waals surface area contributed by atoms with Crippen molar-refractivity contribution in [3.63, 3.8) is 0 Å². The van der Waals surface area contributed by atoms with Gasteiger partial charge >= 0.3 is 0 Å². The third-order valence-electron chi connectivity index (χ3n) is 1.99. The van der Waals surface area contributed by atoms with E-state index < -0.39 is 0 Å². The van der Waals surface area contributed by atoms with Crippen LogP contribution in [-0.2, 0) is 4.74 Å². The lowest BCUT2D eigenvalue weighted by molar-refractivity contribution is 0.205. The van der Waals surface area contributed by atoms with E-state index in [-0.39, 0.29) is 5.56 Å². The zero-order valence-electron chi connectivity index (χ0n) is 9.07. The molecule has 0 saturated heterocycles. The van der Waals surface area contributed by atoms with Crippen LogP contribution in [0.5, 0.6) is 0 Å². The first-order valence-corrected chi connectivity index (χ1v) is 5.86. The van der Waals surface area contributed by atoms with Crippen molar-refractivity contribution >= 4 is 28.4 Å². The molecule has 0 fully saturated rings. The van der Waals surface area contributed by atoms with E-state index in [0.717, 1.165) is 0 Å². The molecule has 0 unspecified atom stereocenters. The van der Waals surface area contributed by atoms with Crippen molar-refractivity contribution in [2.75, 3.05) is 31.7 Å². The van der Waals surface area contributed by atoms with Gasteiger partial charge in [0, 0.05) is 20.2 Å². The number of anilines is 1. The molecule has 0 spiro atoms. The van der Waals surface area contributed by atoms with Crippen LogP contribution in [-0.4, -0.2) is 36.8 Å². The van der Waals surface area contributed by atoms with Crippen LogP contribution in [0.15, 0.2) is 23.8 Å². The van der Waals surface area contributed by atoms with Gasteiger partial charge in [0.25, 0.3) is 5.56 Å². The van der Waals surface area contributed by atoms with E-state index in [4.69, 9.17) is 4.74 Å². The van der Waals surface area contributed by atoms with Crippen molar-refractivity contribution in [3.8, 4) is 0 Å². The lowest BCUT2D eigenvalue weighted by atomic mass is 10.4. The Labute approximate surface area is 108 Å². The van der Waals surface area contributed by atoms with Gasteiger partial charge < -0.3 is 14.6 Å². The van der Waals surface area contributed by atoms with Crippen molar-refractivity contribution in [1.82, 2.24) is 9.97 Å². The van der Waals surface area contributed by atoms with E-state index in [1.165, 1.54) is 6.33 Å². The third-order valence-corrected chi connectivity index (χ3v) is 2.96. The molecule has 0 saturated carbocycles. The van der Waals surface area contributed by atoms with E-state index in [1.807, 2.05) is 27.5 Å². The first kappa shape index (κ1) is 13.2. The van der Waals surface area contributed by atoms with Crippen LogP contribution >= 0.6 is 22.6 Å². The van der Waals surface area contributed by atoms with Gasteiger partial charge in [0.1, 0.15) is 9.39 Å². The maximum Gasteiger partial charge on any atom is 0.266 e.